The molecule has 0 saturated carbocycles. The van der Waals surface area contributed by atoms with Crippen LogP contribution >= 0.6 is 0 Å². The average Bonchev–Trinajstić information content (AvgIpc) is 2.77. The molecule has 3 heteroatoms. The van der Waals surface area contributed by atoms with Gasteiger partial charge in [0.05, 0.1) is 12.1 Å². The van der Waals surface area contributed by atoms with Crippen LogP contribution in [0.2, 0.25) is 0 Å². The van der Waals surface area contributed by atoms with E-state index in [1.54, 1.807) is 17.0 Å². The number of fused-ring (bicyclic) bond motifs is 1. The van der Waals surface area contributed by atoms with Crippen molar-refractivity contribution in [1.29, 1.82) is 0 Å². The highest BCUT2D eigenvalue weighted by atomic mass is 16.3. The van der Waals surface area contributed by atoms with E-state index in [-0.39, 0.29) is 17.1 Å². The van der Waals surface area contributed by atoms with Crippen molar-refractivity contribution >= 4 is 11.6 Å². The van der Waals surface area contributed by atoms with E-state index in [9.17, 15) is 9.90 Å². The van der Waals surface area contributed by atoms with Crippen LogP contribution in [0.1, 0.15) is 42.3 Å². The predicted molar refractivity (Wildman–Crippen MR) is 83.8 cm³/mol. The number of rotatable bonds is 1. The Morgan fingerprint density at radius 2 is 1.71 bits per heavy atom. The van der Waals surface area contributed by atoms with Crippen molar-refractivity contribution < 1.29 is 9.90 Å². The van der Waals surface area contributed by atoms with Crippen molar-refractivity contribution in [3.8, 4) is 5.75 Å². The third kappa shape index (κ3) is 2.29. The van der Waals surface area contributed by atoms with Crippen LogP contribution in [0, 0.1) is 0 Å². The Morgan fingerprint density at radius 1 is 1.05 bits per heavy atom. The van der Waals surface area contributed by atoms with E-state index in [0.29, 0.717) is 12.1 Å². The van der Waals surface area contributed by atoms with Crippen molar-refractivity contribution in [3.63, 3.8) is 0 Å². The van der Waals surface area contributed by atoms with Crippen molar-refractivity contribution in [3.05, 3.63) is 59.2 Å². The number of carbonyl (C=O) groups is 1. The predicted octanol–water partition coefficient (Wildman–Crippen LogP) is 3.85. The zero-order valence-electron chi connectivity index (χ0n) is 12.6. The average molecular weight is 281 g/mol. The van der Waals surface area contributed by atoms with Crippen LogP contribution in [0.5, 0.6) is 5.75 Å². The summed E-state index contributed by atoms with van der Waals surface area (Å²) in [5, 5.41) is 9.87. The third-order valence-corrected chi connectivity index (χ3v) is 3.96. The van der Waals surface area contributed by atoms with E-state index in [1.165, 1.54) is 5.56 Å². The van der Waals surface area contributed by atoms with Crippen molar-refractivity contribution in [1.82, 2.24) is 0 Å². The Hall–Kier alpha value is -2.29. The van der Waals surface area contributed by atoms with Crippen molar-refractivity contribution in [2.75, 3.05) is 4.90 Å². The summed E-state index contributed by atoms with van der Waals surface area (Å²) in [6.07, 6.45) is 0. The van der Waals surface area contributed by atoms with Gasteiger partial charge in [-0.2, -0.15) is 0 Å². The Bertz CT molecular complexity index is 696. The molecule has 108 valence electrons. The quantitative estimate of drug-likeness (QED) is 0.862. The molecule has 1 heterocycles. The summed E-state index contributed by atoms with van der Waals surface area (Å²) in [6, 6.07) is 13.3. The van der Waals surface area contributed by atoms with E-state index in [2.05, 4.69) is 32.9 Å². The second kappa shape index (κ2) is 4.62. The molecule has 1 amide bonds. The molecule has 0 fully saturated rings. The van der Waals surface area contributed by atoms with Gasteiger partial charge >= 0.3 is 0 Å². The number of phenols is 1. The number of amides is 1. The lowest BCUT2D eigenvalue weighted by molar-refractivity contribution is 0.0994. The molecule has 0 spiro atoms. The van der Waals surface area contributed by atoms with Crippen LogP contribution in [-0.4, -0.2) is 11.0 Å². The Balaban J connectivity index is 1.94. The maximum atomic E-state index is 12.5. The minimum absolute atomic E-state index is 0.0614. The molecular weight excluding hydrogens is 262 g/mol. The molecule has 21 heavy (non-hydrogen) atoms. The number of nitrogens with zero attached hydrogens (tertiary/aromatic N) is 1. The van der Waals surface area contributed by atoms with Gasteiger partial charge in [0, 0.05) is 5.69 Å². The van der Waals surface area contributed by atoms with Gasteiger partial charge in [-0.3, -0.25) is 4.79 Å². The van der Waals surface area contributed by atoms with E-state index in [1.807, 2.05) is 18.2 Å². The SMILES string of the molecule is CC(C)(C)c1ccc(N2Cc3cccc(O)c3C2=O)cc1. The summed E-state index contributed by atoms with van der Waals surface area (Å²) >= 11 is 0. The number of carbonyl (C=O) groups excluding carboxylic acids is 1. The summed E-state index contributed by atoms with van der Waals surface area (Å²) in [5.74, 6) is -0.0714. The molecule has 1 aliphatic heterocycles. The minimum Gasteiger partial charge on any atom is -0.507 e. The molecule has 0 bridgehead atoms. The second-order valence-corrected chi connectivity index (χ2v) is 6.50. The summed E-state index contributed by atoms with van der Waals surface area (Å²) in [7, 11) is 0. The maximum absolute atomic E-state index is 12.5. The number of hydrogen-bond acceptors (Lipinski definition) is 2. The summed E-state index contributed by atoms with van der Waals surface area (Å²) in [4.78, 5) is 14.2. The largest absolute Gasteiger partial charge is 0.507 e. The molecular formula is C18H19NO2. The number of phenolic OH excluding ortho intramolecular Hbond substituents is 1. The lowest BCUT2D eigenvalue weighted by atomic mass is 9.87. The van der Waals surface area contributed by atoms with Crippen LogP contribution in [-0.2, 0) is 12.0 Å². The third-order valence-electron chi connectivity index (χ3n) is 3.96. The Labute approximate surface area is 124 Å². The summed E-state index contributed by atoms with van der Waals surface area (Å²) in [6.45, 7) is 7.00. The minimum atomic E-state index is -0.133. The van der Waals surface area contributed by atoms with E-state index >= 15 is 0 Å². The fourth-order valence-electron chi connectivity index (χ4n) is 2.69. The number of benzene rings is 2. The molecule has 2 aromatic carbocycles. The molecule has 0 unspecified atom stereocenters. The van der Waals surface area contributed by atoms with Crippen LogP contribution < -0.4 is 4.90 Å². The van der Waals surface area contributed by atoms with Crippen molar-refractivity contribution in [2.24, 2.45) is 0 Å². The number of anilines is 1. The molecule has 2 aromatic rings. The number of aromatic hydroxyl groups is 1. The van der Waals surface area contributed by atoms with Crippen LogP contribution in [0.3, 0.4) is 0 Å². The second-order valence-electron chi connectivity index (χ2n) is 6.50. The van der Waals surface area contributed by atoms with Crippen LogP contribution in [0.25, 0.3) is 0 Å². The molecule has 1 aliphatic rings. The summed E-state index contributed by atoms with van der Waals surface area (Å²) < 4.78 is 0. The molecule has 0 aromatic heterocycles. The van der Waals surface area contributed by atoms with Gasteiger partial charge in [-0.05, 0) is 34.7 Å². The van der Waals surface area contributed by atoms with Gasteiger partial charge in [-0.25, -0.2) is 0 Å². The fraction of sp³-hybridized carbons (Fsp3) is 0.278. The molecule has 3 rings (SSSR count). The van der Waals surface area contributed by atoms with Crippen molar-refractivity contribution in [2.45, 2.75) is 32.7 Å². The first-order valence-electron chi connectivity index (χ1n) is 7.11. The lowest BCUT2D eigenvalue weighted by Gasteiger charge is -2.21. The van der Waals surface area contributed by atoms with Gasteiger partial charge < -0.3 is 10.0 Å². The van der Waals surface area contributed by atoms with E-state index in [4.69, 9.17) is 0 Å². The van der Waals surface area contributed by atoms with Crippen LogP contribution in [0.15, 0.2) is 42.5 Å². The Kier molecular flexibility index (Phi) is 3.01. The topological polar surface area (TPSA) is 40.5 Å². The zero-order valence-corrected chi connectivity index (χ0v) is 12.6. The van der Waals surface area contributed by atoms with Gasteiger partial charge in [-0.1, -0.05) is 45.0 Å². The van der Waals surface area contributed by atoms with Crippen LogP contribution in [0.4, 0.5) is 5.69 Å². The maximum Gasteiger partial charge on any atom is 0.262 e. The zero-order chi connectivity index (χ0) is 15.2. The summed E-state index contributed by atoms with van der Waals surface area (Å²) in [5.41, 5.74) is 3.49. The first-order chi connectivity index (χ1) is 9.88. The van der Waals surface area contributed by atoms with E-state index < -0.39 is 0 Å². The lowest BCUT2D eigenvalue weighted by Crippen LogP contribution is -2.23. The molecule has 0 aliphatic carbocycles. The first kappa shape index (κ1) is 13.7. The Morgan fingerprint density at radius 3 is 2.29 bits per heavy atom. The first-order valence-corrected chi connectivity index (χ1v) is 7.11. The van der Waals surface area contributed by atoms with Gasteiger partial charge in [-0.15, -0.1) is 0 Å². The normalized spacial score (nSPS) is 14.4. The monoisotopic (exact) mass is 281 g/mol. The van der Waals surface area contributed by atoms with Gasteiger partial charge in [0.25, 0.3) is 5.91 Å². The number of hydrogen-bond donors (Lipinski definition) is 1. The molecule has 3 nitrogen and oxygen atoms in total. The van der Waals surface area contributed by atoms with Gasteiger partial charge in [0.1, 0.15) is 5.75 Å². The highest BCUT2D eigenvalue weighted by molar-refractivity contribution is 6.11. The standard InChI is InChI=1S/C18H19NO2/c1-18(2,3)13-7-9-14(10-8-13)19-11-12-5-4-6-15(20)16(12)17(19)21/h4-10,20H,11H2,1-3H3. The molecule has 0 radical (unpaired) electrons. The van der Waals surface area contributed by atoms with E-state index in [0.717, 1.165) is 11.3 Å². The molecule has 0 saturated heterocycles. The smallest absolute Gasteiger partial charge is 0.262 e. The molecule has 1 N–H and O–H groups in total. The highest BCUT2D eigenvalue weighted by Gasteiger charge is 2.31. The van der Waals surface area contributed by atoms with Gasteiger partial charge in [0.15, 0.2) is 0 Å². The fourth-order valence-corrected chi connectivity index (χ4v) is 2.69. The highest BCUT2D eigenvalue weighted by Crippen LogP contribution is 2.34. The van der Waals surface area contributed by atoms with Gasteiger partial charge in [0.2, 0.25) is 0 Å². The molecule has 0 atom stereocenters.